The van der Waals surface area contributed by atoms with E-state index in [-0.39, 0.29) is 0 Å². The van der Waals surface area contributed by atoms with Crippen LogP contribution in [0.25, 0.3) is 49.7 Å². The summed E-state index contributed by atoms with van der Waals surface area (Å²) in [5.41, 5.74) is 22.6. The average Bonchev–Trinajstić information content (AvgIpc) is 1.36. The van der Waals surface area contributed by atoms with E-state index < -0.39 is 10.8 Å². The van der Waals surface area contributed by atoms with E-state index in [0.717, 1.165) is 52.4 Å². The van der Waals surface area contributed by atoms with Crippen LogP contribution in [0.15, 0.2) is 321 Å². The maximum absolute atomic E-state index is 6.26. The molecule has 0 fully saturated rings. The van der Waals surface area contributed by atoms with Gasteiger partial charge in [-0.1, -0.05) is 236 Å². The van der Waals surface area contributed by atoms with Gasteiger partial charge in [0.25, 0.3) is 0 Å². The lowest BCUT2D eigenvalue weighted by Crippen LogP contribution is -2.41. The Morgan fingerprint density at radius 1 is 0.452 bits per heavy atom. The van der Waals surface area contributed by atoms with Gasteiger partial charge in [0, 0.05) is 44.9 Å². The summed E-state index contributed by atoms with van der Waals surface area (Å²) in [6.45, 7) is 2.18. The second kappa shape index (κ2) is 20.7. The van der Waals surface area contributed by atoms with Crippen molar-refractivity contribution in [2.24, 2.45) is 0 Å². The van der Waals surface area contributed by atoms with Gasteiger partial charge in [0.15, 0.2) is 0 Å². The third kappa shape index (κ3) is 7.76. The number of rotatable bonds is 13. The van der Waals surface area contributed by atoms with Gasteiger partial charge in [0.1, 0.15) is 0 Å². The molecule has 3 heterocycles. The van der Waals surface area contributed by atoms with Crippen LogP contribution in [0.2, 0.25) is 0 Å². The normalized spacial score (nSPS) is 15.5. The Morgan fingerprint density at radius 3 is 1.45 bits per heavy atom. The summed E-state index contributed by atoms with van der Waals surface area (Å²) in [6, 6.07) is 101. The molecule has 1 atom stereocenters. The molecule has 1 aliphatic carbocycles. The molecule has 1 aromatic heterocycles. The fraction of sp³-hybridized carbons (Fsp3) is 0.0617. The highest BCUT2D eigenvalue weighted by Gasteiger charge is 2.53. The Bertz CT molecular complexity index is 4580. The maximum atomic E-state index is 6.26. The zero-order chi connectivity index (χ0) is 56.2. The molecule has 3 heteroatoms. The van der Waals surface area contributed by atoms with E-state index in [1.54, 1.807) is 0 Å². The van der Waals surface area contributed by atoms with Crippen LogP contribution < -0.4 is 9.80 Å². The largest absolute Gasteiger partial charge is 0.314 e. The van der Waals surface area contributed by atoms with E-state index in [2.05, 4.69) is 331 Å². The summed E-state index contributed by atoms with van der Waals surface area (Å²) >= 11 is 0. The summed E-state index contributed by atoms with van der Waals surface area (Å²) in [6.07, 6.45) is 21.3. The molecular weight excluding hydrogens is 1010 g/mol. The van der Waals surface area contributed by atoms with Crippen molar-refractivity contribution >= 4 is 50.2 Å². The Hall–Kier alpha value is -10.7. The first-order valence-corrected chi connectivity index (χ1v) is 29.2. The van der Waals surface area contributed by atoms with E-state index in [0.29, 0.717) is 0 Å². The quantitative estimate of drug-likeness (QED) is 0.0842. The van der Waals surface area contributed by atoms with Gasteiger partial charge in [-0.25, -0.2) is 0 Å². The fourth-order valence-corrected chi connectivity index (χ4v) is 14.3. The number of nitrogens with zero attached hydrogens (tertiary/aromatic N) is 3. The summed E-state index contributed by atoms with van der Waals surface area (Å²) in [4.78, 5) is 4.99. The molecule has 0 saturated carbocycles. The topological polar surface area (TPSA) is 11.4 Å². The van der Waals surface area contributed by atoms with E-state index in [1.165, 1.54) is 88.8 Å². The SMILES string of the molecule is C#C/C=C\C(=C/C)C1(c2ccccc2)c2cccc3c2-n2c4c1cc(N(C1=CC=CCC1)c1ccc(-c5ccccc5)cc1)cc4c1cc(N(c4ccccc4)c4ccc(-c5ccccc5)cc4)cc(c12)C3(c1ccccc1)c1ccccc1. The minimum absolute atomic E-state index is 0.814. The van der Waals surface area contributed by atoms with Crippen molar-refractivity contribution in [3.05, 3.63) is 360 Å². The van der Waals surface area contributed by atoms with Gasteiger partial charge in [-0.2, -0.15) is 0 Å². The van der Waals surface area contributed by atoms with Crippen LogP contribution in [0.4, 0.5) is 28.4 Å². The molecule has 15 rings (SSSR count). The zero-order valence-electron chi connectivity index (χ0n) is 46.8. The molecule has 3 aliphatic rings. The first-order chi connectivity index (χ1) is 41.6. The van der Waals surface area contributed by atoms with E-state index in [9.17, 15) is 0 Å². The Labute approximate surface area is 492 Å². The van der Waals surface area contributed by atoms with Crippen LogP contribution >= 0.6 is 0 Å². The van der Waals surface area contributed by atoms with Crippen LogP contribution in [0.5, 0.6) is 0 Å². The Kier molecular flexibility index (Phi) is 12.4. The summed E-state index contributed by atoms with van der Waals surface area (Å²) in [5, 5.41) is 2.33. The first kappa shape index (κ1) is 50.3. The number of allylic oxidation sites excluding steroid dienone is 8. The van der Waals surface area contributed by atoms with Crippen LogP contribution in [0, 0.1) is 12.3 Å². The van der Waals surface area contributed by atoms with Gasteiger partial charge >= 0.3 is 0 Å². The van der Waals surface area contributed by atoms with Gasteiger partial charge in [-0.3, -0.25) is 0 Å². The second-order valence-electron chi connectivity index (χ2n) is 22.1. The monoisotopic (exact) mass is 1070 g/mol. The lowest BCUT2D eigenvalue weighted by Gasteiger charge is -2.48. The molecule has 0 saturated heterocycles. The van der Waals surface area contributed by atoms with Crippen molar-refractivity contribution in [2.45, 2.75) is 30.6 Å². The van der Waals surface area contributed by atoms with E-state index >= 15 is 0 Å². The number of para-hydroxylation sites is 2. The highest BCUT2D eigenvalue weighted by molar-refractivity contribution is 6.17. The third-order valence-electron chi connectivity index (χ3n) is 17.8. The fourth-order valence-electron chi connectivity index (χ4n) is 14.3. The van der Waals surface area contributed by atoms with Crippen LogP contribution in [-0.4, -0.2) is 4.57 Å². The molecule has 84 heavy (non-hydrogen) atoms. The number of aromatic nitrogens is 1. The molecule has 398 valence electrons. The second-order valence-corrected chi connectivity index (χ2v) is 22.1. The molecule has 0 amide bonds. The number of fused-ring (bicyclic) bond motifs is 1. The van der Waals surface area contributed by atoms with Crippen molar-refractivity contribution in [2.75, 3.05) is 9.80 Å². The van der Waals surface area contributed by atoms with Crippen molar-refractivity contribution in [3.63, 3.8) is 0 Å². The standard InChI is InChI=1S/C81H59N3/c1-3-5-32-61(4-2)80(62-33-17-8-18-34-62)73-43-27-44-74-79(73)84-77-71(53-69(55-75(77)80)82(65-39-23-11-24-40-65)67-49-45-59(46-50-67)57-28-13-6-14-29-57)72-54-70(56-76(78(72)84)81(74,63-35-19-9-20-36-63)64-37-21-10-22-38-64)83(66-41-25-12-26-42-66)68-51-47-60(48-52-68)58-30-15-7-16-31-58/h1,4-23,25-39,41-56H,24,40H2,2H3/b32-5-,61-4+. The zero-order valence-corrected chi connectivity index (χ0v) is 46.8. The average molecular weight is 1070 g/mol. The third-order valence-corrected chi connectivity index (χ3v) is 17.8. The molecule has 3 nitrogen and oxygen atoms in total. The first-order valence-electron chi connectivity index (χ1n) is 29.2. The summed E-state index contributed by atoms with van der Waals surface area (Å²) in [7, 11) is 0. The molecular formula is C81H59N3. The predicted octanol–water partition coefficient (Wildman–Crippen LogP) is 20.4. The molecule has 11 aromatic carbocycles. The Balaban J connectivity index is 1.14. The molecule has 2 aliphatic heterocycles. The van der Waals surface area contributed by atoms with E-state index in [4.69, 9.17) is 6.42 Å². The molecule has 0 N–H and O–H groups in total. The van der Waals surface area contributed by atoms with Gasteiger partial charge in [0.05, 0.1) is 27.6 Å². The van der Waals surface area contributed by atoms with E-state index in [1.807, 2.05) is 6.08 Å². The van der Waals surface area contributed by atoms with Gasteiger partial charge in [0.2, 0.25) is 0 Å². The lowest BCUT2D eigenvalue weighted by molar-refractivity contribution is 0.682. The number of hydrogen-bond donors (Lipinski definition) is 0. The highest BCUT2D eigenvalue weighted by atomic mass is 15.2. The van der Waals surface area contributed by atoms with Crippen LogP contribution in [0.3, 0.4) is 0 Å². The molecule has 0 radical (unpaired) electrons. The highest BCUT2D eigenvalue weighted by Crippen LogP contribution is 2.63. The smallest absolute Gasteiger partial charge is 0.0743 e. The molecule has 0 bridgehead atoms. The lowest BCUT2D eigenvalue weighted by atomic mass is 9.58. The summed E-state index contributed by atoms with van der Waals surface area (Å²) in [5.74, 6) is 2.92. The van der Waals surface area contributed by atoms with Crippen molar-refractivity contribution in [1.29, 1.82) is 0 Å². The molecule has 12 aromatic rings. The molecule has 1 unspecified atom stereocenters. The van der Waals surface area contributed by atoms with Crippen LogP contribution in [-0.2, 0) is 10.8 Å². The van der Waals surface area contributed by atoms with Crippen LogP contribution in [0.1, 0.15) is 58.7 Å². The van der Waals surface area contributed by atoms with Crippen molar-refractivity contribution in [1.82, 2.24) is 4.57 Å². The molecule has 0 spiro atoms. The van der Waals surface area contributed by atoms with Crippen molar-refractivity contribution in [3.8, 4) is 40.3 Å². The minimum atomic E-state index is -0.868. The number of terminal acetylenes is 1. The van der Waals surface area contributed by atoms with Gasteiger partial charge in [-0.05, 0) is 165 Å². The maximum Gasteiger partial charge on any atom is 0.0743 e. The number of anilines is 5. The van der Waals surface area contributed by atoms with Gasteiger partial charge < -0.3 is 14.4 Å². The number of hydrogen-bond acceptors (Lipinski definition) is 2. The van der Waals surface area contributed by atoms with Crippen molar-refractivity contribution < 1.29 is 0 Å². The Morgan fingerprint density at radius 2 is 0.917 bits per heavy atom. The number of benzene rings is 11. The summed E-state index contributed by atoms with van der Waals surface area (Å²) < 4.78 is 2.67. The predicted molar refractivity (Wildman–Crippen MR) is 351 cm³/mol. The van der Waals surface area contributed by atoms with Gasteiger partial charge in [-0.15, -0.1) is 6.42 Å². The minimum Gasteiger partial charge on any atom is -0.314 e.